The highest BCUT2D eigenvalue weighted by molar-refractivity contribution is 5.28. The maximum Gasteiger partial charge on any atom is 0.250 e. The molecule has 0 aliphatic carbocycles. The third-order valence-electron chi connectivity index (χ3n) is 5.72. The molecule has 9 heteroatoms. The Kier molecular flexibility index (Phi) is 8.05. The standard InChI is InChI=1S/C12H16F2N2.C11H15F2N3/c1-10-3-2-4-11(15-10)9-16-7-5-12(13,14)6-8-16;12-11(13)4-6-16(7-5-11)8-9-2-1-3-10(14)15-9/h2-4H,5-9H2,1H3;1-3H,4-8H2,(H2,14,15). The fourth-order valence-corrected chi connectivity index (χ4v) is 3.81. The lowest BCUT2D eigenvalue weighted by molar-refractivity contribution is -0.0573. The van der Waals surface area contributed by atoms with Crippen LogP contribution in [-0.2, 0) is 13.1 Å². The Morgan fingerprint density at radius 3 is 1.62 bits per heavy atom. The molecule has 2 aromatic heterocycles. The normalized spacial score (nSPS) is 20.9. The molecule has 0 spiro atoms. The first-order valence-corrected chi connectivity index (χ1v) is 10.9. The van der Waals surface area contributed by atoms with Gasteiger partial charge in [-0.05, 0) is 31.2 Å². The molecule has 0 atom stereocenters. The van der Waals surface area contributed by atoms with E-state index in [-0.39, 0.29) is 25.7 Å². The minimum Gasteiger partial charge on any atom is -0.384 e. The number of nitrogens with zero attached hydrogens (tertiary/aromatic N) is 4. The summed E-state index contributed by atoms with van der Waals surface area (Å²) in [5, 5.41) is 0. The summed E-state index contributed by atoms with van der Waals surface area (Å²) in [6.07, 6.45) is -0.178. The predicted molar refractivity (Wildman–Crippen MR) is 117 cm³/mol. The van der Waals surface area contributed by atoms with Gasteiger partial charge in [0.2, 0.25) is 0 Å². The van der Waals surface area contributed by atoms with E-state index >= 15 is 0 Å². The molecule has 0 saturated carbocycles. The van der Waals surface area contributed by atoms with Crippen LogP contribution in [0.4, 0.5) is 23.4 Å². The van der Waals surface area contributed by atoms with Crippen LogP contribution in [0.25, 0.3) is 0 Å². The second-order valence-corrected chi connectivity index (χ2v) is 8.59. The van der Waals surface area contributed by atoms with Gasteiger partial charge in [-0.3, -0.25) is 14.8 Å². The topological polar surface area (TPSA) is 58.3 Å². The first-order chi connectivity index (χ1) is 15.1. The highest BCUT2D eigenvalue weighted by atomic mass is 19.3. The third-order valence-corrected chi connectivity index (χ3v) is 5.72. The molecule has 2 N–H and O–H groups in total. The van der Waals surface area contributed by atoms with E-state index in [0.29, 0.717) is 45.1 Å². The fourth-order valence-electron chi connectivity index (χ4n) is 3.81. The maximum atomic E-state index is 12.9. The van der Waals surface area contributed by atoms with Gasteiger partial charge in [-0.25, -0.2) is 22.5 Å². The van der Waals surface area contributed by atoms with Crippen molar-refractivity contribution in [1.29, 1.82) is 0 Å². The lowest BCUT2D eigenvalue weighted by atomic mass is 10.1. The van der Waals surface area contributed by atoms with E-state index in [1.807, 2.05) is 47.1 Å². The molecule has 5 nitrogen and oxygen atoms in total. The second-order valence-electron chi connectivity index (χ2n) is 8.59. The van der Waals surface area contributed by atoms with Crippen LogP contribution in [0.15, 0.2) is 36.4 Å². The van der Waals surface area contributed by atoms with Crippen LogP contribution in [-0.4, -0.2) is 57.8 Å². The van der Waals surface area contributed by atoms with Crippen molar-refractivity contribution in [2.24, 2.45) is 0 Å². The number of nitrogens with two attached hydrogens (primary N) is 1. The van der Waals surface area contributed by atoms with Crippen molar-refractivity contribution in [3.63, 3.8) is 0 Å². The molecule has 2 fully saturated rings. The van der Waals surface area contributed by atoms with Crippen molar-refractivity contribution >= 4 is 5.82 Å². The van der Waals surface area contributed by atoms with E-state index in [4.69, 9.17) is 5.73 Å². The number of halogens is 4. The molecule has 4 heterocycles. The summed E-state index contributed by atoms with van der Waals surface area (Å²) in [6, 6.07) is 11.2. The quantitative estimate of drug-likeness (QED) is 0.690. The minimum absolute atomic E-state index is 0.0290. The van der Waals surface area contributed by atoms with E-state index in [9.17, 15) is 17.6 Å². The highest BCUT2D eigenvalue weighted by Crippen LogP contribution is 2.29. The van der Waals surface area contributed by atoms with Gasteiger partial charge in [-0.1, -0.05) is 12.1 Å². The van der Waals surface area contributed by atoms with Gasteiger partial charge in [-0.15, -0.1) is 0 Å². The largest absolute Gasteiger partial charge is 0.384 e. The van der Waals surface area contributed by atoms with Crippen molar-refractivity contribution < 1.29 is 17.6 Å². The molecule has 0 radical (unpaired) electrons. The Balaban J connectivity index is 0.000000181. The zero-order valence-corrected chi connectivity index (χ0v) is 18.4. The average molecular weight is 454 g/mol. The monoisotopic (exact) mass is 453 g/mol. The number of nitrogen functional groups attached to an aromatic ring is 1. The van der Waals surface area contributed by atoms with Crippen molar-refractivity contribution in [1.82, 2.24) is 19.8 Å². The van der Waals surface area contributed by atoms with Crippen LogP contribution in [0.1, 0.15) is 42.8 Å². The summed E-state index contributed by atoms with van der Waals surface area (Å²) < 4.78 is 51.7. The fraction of sp³-hybridized carbons (Fsp3) is 0.565. The molecule has 0 bridgehead atoms. The van der Waals surface area contributed by atoms with E-state index < -0.39 is 11.8 Å². The molecule has 4 rings (SSSR count). The molecular weight excluding hydrogens is 422 g/mol. The average Bonchev–Trinajstić information content (AvgIpc) is 2.72. The summed E-state index contributed by atoms with van der Waals surface area (Å²) in [7, 11) is 0. The predicted octanol–water partition coefficient (Wildman–Crippen LogP) is 4.52. The van der Waals surface area contributed by atoms with E-state index in [1.54, 1.807) is 6.07 Å². The number of aryl methyl sites for hydroxylation is 1. The van der Waals surface area contributed by atoms with Gasteiger partial charge in [0.05, 0.1) is 11.4 Å². The van der Waals surface area contributed by atoms with Crippen molar-refractivity contribution in [3.8, 4) is 0 Å². The number of alkyl halides is 4. The zero-order valence-electron chi connectivity index (χ0n) is 18.4. The van der Waals surface area contributed by atoms with Crippen molar-refractivity contribution in [3.05, 3.63) is 53.5 Å². The van der Waals surface area contributed by atoms with E-state index in [0.717, 1.165) is 17.1 Å². The van der Waals surface area contributed by atoms with Crippen LogP contribution in [0, 0.1) is 6.92 Å². The van der Waals surface area contributed by atoms with Crippen LogP contribution < -0.4 is 5.73 Å². The summed E-state index contributed by atoms with van der Waals surface area (Å²) >= 11 is 0. The number of pyridine rings is 2. The Morgan fingerprint density at radius 2 is 1.19 bits per heavy atom. The van der Waals surface area contributed by atoms with Gasteiger partial charge in [0, 0.05) is 70.6 Å². The summed E-state index contributed by atoms with van der Waals surface area (Å²) in [4.78, 5) is 12.6. The minimum atomic E-state index is -2.49. The SMILES string of the molecule is Cc1cccc(CN2CCC(F)(F)CC2)n1.Nc1cccc(CN2CCC(F)(F)CC2)n1. The first kappa shape index (κ1) is 24.4. The summed E-state index contributed by atoms with van der Waals surface area (Å²) in [5.41, 5.74) is 8.33. The van der Waals surface area contributed by atoms with Gasteiger partial charge in [0.1, 0.15) is 5.82 Å². The molecule has 0 unspecified atom stereocenters. The molecule has 2 saturated heterocycles. The van der Waals surface area contributed by atoms with Crippen molar-refractivity contribution in [2.75, 3.05) is 31.9 Å². The molecular formula is C23H31F4N5. The van der Waals surface area contributed by atoms with Crippen molar-refractivity contribution in [2.45, 2.75) is 57.5 Å². The number of hydrogen-bond donors (Lipinski definition) is 1. The van der Waals surface area contributed by atoms with Crippen LogP contribution in [0.5, 0.6) is 0 Å². The van der Waals surface area contributed by atoms with E-state index in [2.05, 4.69) is 9.97 Å². The molecule has 0 amide bonds. The number of aromatic nitrogens is 2. The van der Waals surface area contributed by atoms with Crippen LogP contribution in [0.3, 0.4) is 0 Å². The van der Waals surface area contributed by atoms with Gasteiger partial charge in [0.15, 0.2) is 0 Å². The van der Waals surface area contributed by atoms with Gasteiger partial charge in [-0.2, -0.15) is 0 Å². The molecule has 176 valence electrons. The number of rotatable bonds is 4. The Morgan fingerprint density at radius 1 is 0.750 bits per heavy atom. The van der Waals surface area contributed by atoms with Gasteiger partial charge >= 0.3 is 0 Å². The summed E-state index contributed by atoms with van der Waals surface area (Å²) in [5.74, 6) is -4.48. The number of piperidine rings is 2. The lowest BCUT2D eigenvalue weighted by Gasteiger charge is -2.31. The number of hydrogen-bond acceptors (Lipinski definition) is 5. The zero-order chi connectivity index (χ0) is 23.2. The molecule has 2 aromatic rings. The van der Waals surface area contributed by atoms with E-state index in [1.165, 1.54) is 0 Å². The molecule has 32 heavy (non-hydrogen) atoms. The molecule has 2 aliphatic heterocycles. The molecule has 0 aromatic carbocycles. The summed E-state index contributed by atoms with van der Waals surface area (Å²) in [6.45, 7) is 4.98. The Labute approximate surface area is 186 Å². The van der Waals surface area contributed by atoms with Crippen LogP contribution in [0.2, 0.25) is 0 Å². The first-order valence-electron chi connectivity index (χ1n) is 10.9. The van der Waals surface area contributed by atoms with Crippen LogP contribution >= 0.6 is 0 Å². The maximum absolute atomic E-state index is 12.9. The smallest absolute Gasteiger partial charge is 0.250 e. The van der Waals surface area contributed by atoms with Gasteiger partial charge in [0.25, 0.3) is 11.8 Å². The van der Waals surface area contributed by atoms with Gasteiger partial charge < -0.3 is 5.73 Å². The lowest BCUT2D eigenvalue weighted by Crippen LogP contribution is -2.39. The Bertz CT molecular complexity index is 785. The third kappa shape index (κ3) is 8.02. The molecule has 2 aliphatic rings. The highest BCUT2D eigenvalue weighted by Gasteiger charge is 2.34. The second kappa shape index (κ2) is 10.6. The number of anilines is 1. The Hall–Kier alpha value is -2.26. The number of likely N-dealkylation sites (tertiary alicyclic amines) is 2.